The number of carbonyl (C=O) groups is 1. The largest absolute Gasteiger partial charge is 0.504 e. The molecular weight excluding hydrogens is 467 g/mol. The molecular formula is C19H22Cl2N4O5S. The number of halogens is 2. The Hall–Kier alpha value is -2.08. The zero-order valence-electron chi connectivity index (χ0n) is 16.4. The molecule has 0 bridgehead atoms. The van der Waals surface area contributed by atoms with Gasteiger partial charge in [0.05, 0.1) is 34.6 Å². The van der Waals surface area contributed by atoms with Crippen LogP contribution in [-0.4, -0.2) is 63.8 Å². The van der Waals surface area contributed by atoms with E-state index in [9.17, 15) is 18.3 Å². The molecule has 168 valence electrons. The Balaban J connectivity index is 1.70. The molecule has 0 saturated carbocycles. The van der Waals surface area contributed by atoms with Crippen LogP contribution in [0.5, 0.6) is 5.75 Å². The maximum absolute atomic E-state index is 12.7. The Morgan fingerprint density at radius 1 is 1.03 bits per heavy atom. The third kappa shape index (κ3) is 6.22. The summed E-state index contributed by atoms with van der Waals surface area (Å²) in [5.41, 5.74) is 0.232. The molecule has 0 spiro atoms. The van der Waals surface area contributed by atoms with Gasteiger partial charge in [0.25, 0.3) is 0 Å². The molecule has 2 aromatic carbocycles. The maximum atomic E-state index is 12.7. The zero-order chi connectivity index (χ0) is 22.4. The molecule has 1 aliphatic heterocycles. The number of carbonyl (C=O) groups excluding carboxylic acids is 1. The molecule has 0 radical (unpaired) electrons. The second kappa shape index (κ2) is 10.5. The summed E-state index contributed by atoms with van der Waals surface area (Å²) in [5, 5.41) is 15.6. The smallest absolute Gasteiger partial charge is 0.323 e. The number of sulfonamides is 1. The van der Waals surface area contributed by atoms with Crippen molar-refractivity contribution in [1.82, 2.24) is 9.62 Å². The number of nitrogens with zero attached hydrogens (tertiary/aromatic N) is 1. The number of amides is 2. The summed E-state index contributed by atoms with van der Waals surface area (Å²) >= 11 is 12.1. The van der Waals surface area contributed by atoms with Crippen molar-refractivity contribution >= 4 is 50.6 Å². The van der Waals surface area contributed by atoms with Gasteiger partial charge in [-0.25, -0.2) is 17.9 Å². The van der Waals surface area contributed by atoms with E-state index in [0.717, 1.165) is 0 Å². The minimum Gasteiger partial charge on any atom is -0.504 e. The lowest BCUT2D eigenvalue weighted by molar-refractivity contribution is 0.0390. The quantitative estimate of drug-likeness (QED) is 0.444. The van der Waals surface area contributed by atoms with E-state index in [1.54, 1.807) is 24.3 Å². The predicted octanol–water partition coefficient (Wildman–Crippen LogP) is 2.95. The number of benzene rings is 2. The number of hydrogen-bond donors (Lipinski definition) is 4. The SMILES string of the molecule is O=C(Nc1ccccc1Cl)Nc1ccc(Cl)c(S(=O)(=O)NCCN2CCOCC2)c1O. The van der Waals surface area contributed by atoms with Gasteiger partial charge in [-0.05, 0) is 24.3 Å². The van der Waals surface area contributed by atoms with Gasteiger partial charge in [-0.15, -0.1) is 0 Å². The molecule has 0 aliphatic carbocycles. The molecule has 3 rings (SSSR count). The average Bonchev–Trinajstić information content (AvgIpc) is 2.72. The van der Waals surface area contributed by atoms with Crippen molar-refractivity contribution in [2.24, 2.45) is 0 Å². The summed E-state index contributed by atoms with van der Waals surface area (Å²) in [7, 11) is -4.13. The van der Waals surface area contributed by atoms with Gasteiger partial charge < -0.3 is 20.5 Å². The van der Waals surface area contributed by atoms with Crippen LogP contribution >= 0.6 is 23.2 Å². The molecule has 1 heterocycles. The highest BCUT2D eigenvalue weighted by atomic mass is 35.5. The van der Waals surface area contributed by atoms with Crippen LogP contribution in [0, 0.1) is 0 Å². The van der Waals surface area contributed by atoms with Crippen molar-refractivity contribution in [3.63, 3.8) is 0 Å². The van der Waals surface area contributed by atoms with Crippen LogP contribution in [0.1, 0.15) is 0 Å². The van der Waals surface area contributed by atoms with Gasteiger partial charge in [0.1, 0.15) is 4.90 Å². The van der Waals surface area contributed by atoms with Crippen LogP contribution in [0.15, 0.2) is 41.3 Å². The number of ether oxygens (including phenoxy) is 1. The minimum atomic E-state index is -4.13. The third-order valence-electron chi connectivity index (χ3n) is 4.55. The molecule has 0 atom stereocenters. The average molecular weight is 489 g/mol. The summed E-state index contributed by atoms with van der Waals surface area (Å²) < 4.78 is 33.2. The number of nitrogens with one attached hydrogen (secondary N) is 3. The summed E-state index contributed by atoms with van der Waals surface area (Å²) in [6.07, 6.45) is 0. The molecule has 9 nitrogen and oxygen atoms in total. The number of morpholine rings is 1. The van der Waals surface area contributed by atoms with Gasteiger partial charge in [-0.1, -0.05) is 35.3 Å². The first-order valence-corrected chi connectivity index (χ1v) is 11.7. The summed E-state index contributed by atoms with van der Waals surface area (Å²) in [4.78, 5) is 13.8. The Labute approximate surface area is 190 Å². The molecule has 1 fully saturated rings. The second-order valence-corrected chi connectivity index (χ2v) is 9.20. The zero-order valence-corrected chi connectivity index (χ0v) is 18.7. The van der Waals surface area contributed by atoms with Crippen molar-refractivity contribution in [2.75, 3.05) is 50.0 Å². The van der Waals surface area contributed by atoms with E-state index >= 15 is 0 Å². The van der Waals surface area contributed by atoms with E-state index in [-0.39, 0.29) is 17.3 Å². The standard InChI is InChI=1S/C19H22Cl2N4O5S/c20-13-3-1-2-4-15(13)23-19(27)24-16-6-5-14(21)18(17(16)26)31(28,29)22-7-8-25-9-11-30-12-10-25/h1-6,22,26H,7-12H2,(H2,23,24,27). The summed E-state index contributed by atoms with van der Waals surface area (Å²) in [6.45, 7) is 3.25. The first kappa shape index (κ1) is 23.6. The van der Waals surface area contributed by atoms with E-state index in [0.29, 0.717) is 43.6 Å². The van der Waals surface area contributed by atoms with Crippen molar-refractivity contribution in [2.45, 2.75) is 4.90 Å². The molecule has 1 aliphatic rings. The van der Waals surface area contributed by atoms with Crippen molar-refractivity contribution in [1.29, 1.82) is 0 Å². The number of urea groups is 1. The van der Waals surface area contributed by atoms with E-state index in [4.69, 9.17) is 27.9 Å². The number of phenolic OH excluding ortho intramolecular Hbond substituents is 1. The highest BCUT2D eigenvalue weighted by molar-refractivity contribution is 7.89. The number of rotatable bonds is 7. The monoisotopic (exact) mass is 488 g/mol. The fraction of sp³-hybridized carbons (Fsp3) is 0.316. The lowest BCUT2D eigenvalue weighted by Gasteiger charge is -2.26. The second-order valence-electron chi connectivity index (χ2n) is 6.68. The summed E-state index contributed by atoms with van der Waals surface area (Å²) in [6, 6.07) is 8.46. The lowest BCUT2D eigenvalue weighted by atomic mass is 10.3. The molecule has 31 heavy (non-hydrogen) atoms. The fourth-order valence-electron chi connectivity index (χ4n) is 2.98. The Kier molecular flexibility index (Phi) is 7.98. The van der Waals surface area contributed by atoms with Gasteiger partial charge in [0, 0.05) is 26.2 Å². The predicted molar refractivity (Wildman–Crippen MR) is 120 cm³/mol. The Morgan fingerprint density at radius 3 is 2.42 bits per heavy atom. The topological polar surface area (TPSA) is 120 Å². The van der Waals surface area contributed by atoms with E-state index < -0.39 is 26.7 Å². The van der Waals surface area contributed by atoms with Crippen LogP contribution < -0.4 is 15.4 Å². The van der Waals surface area contributed by atoms with Crippen molar-refractivity contribution in [3.05, 3.63) is 46.4 Å². The van der Waals surface area contributed by atoms with Gasteiger partial charge >= 0.3 is 6.03 Å². The molecule has 0 unspecified atom stereocenters. The highest BCUT2D eigenvalue weighted by Gasteiger charge is 2.25. The molecule has 0 aromatic heterocycles. The Bertz CT molecular complexity index is 1050. The highest BCUT2D eigenvalue weighted by Crippen LogP contribution is 2.36. The van der Waals surface area contributed by atoms with Crippen LogP contribution in [0.25, 0.3) is 0 Å². The number of aromatic hydroxyl groups is 1. The van der Waals surface area contributed by atoms with Gasteiger partial charge in [0.2, 0.25) is 10.0 Å². The van der Waals surface area contributed by atoms with Gasteiger partial charge in [-0.2, -0.15) is 0 Å². The normalized spacial score (nSPS) is 14.9. The number of phenols is 1. The molecule has 12 heteroatoms. The van der Waals surface area contributed by atoms with E-state index in [1.807, 2.05) is 0 Å². The van der Waals surface area contributed by atoms with Crippen LogP contribution in [0.2, 0.25) is 10.0 Å². The molecule has 4 N–H and O–H groups in total. The Morgan fingerprint density at radius 2 is 1.71 bits per heavy atom. The third-order valence-corrected chi connectivity index (χ3v) is 6.84. The first-order chi connectivity index (χ1) is 14.8. The minimum absolute atomic E-state index is 0.123. The number of hydrogen-bond acceptors (Lipinski definition) is 6. The van der Waals surface area contributed by atoms with Crippen molar-refractivity contribution in [3.8, 4) is 5.75 Å². The number of anilines is 2. The van der Waals surface area contributed by atoms with Crippen LogP contribution in [-0.2, 0) is 14.8 Å². The molecule has 1 saturated heterocycles. The van der Waals surface area contributed by atoms with Gasteiger partial charge in [-0.3, -0.25) is 4.90 Å². The first-order valence-electron chi connectivity index (χ1n) is 9.41. The van der Waals surface area contributed by atoms with E-state index in [2.05, 4.69) is 20.3 Å². The van der Waals surface area contributed by atoms with Crippen LogP contribution in [0.3, 0.4) is 0 Å². The maximum Gasteiger partial charge on any atom is 0.323 e. The molecule has 2 aromatic rings. The van der Waals surface area contributed by atoms with Crippen molar-refractivity contribution < 1.29 is 23.1 Å². The lowest BCUT2D eigenvalue weighted by Crippen LogP contribution is -2.41. The fourth-order valence-corrected chi connectivity index (χ4v) is 4.81. The van der Waals surface area contributed by atoms with Crippen LogP contribution in [0.4, 0.5) is 16.2 Å². The number of para-hydroxylation sites is 1. The molecule has 2 amide bonds. The van der Waals surface area contributed by atoms with Gasteiger partial charge in [0.15, 0.2) is 5.75 Å². The summed E-state index contributed by atoms with van der Waals surface area (Å²) in [5.74, 6) is -0.666. The van der Waals surface area contributed by atoms with E-state index in [1.165, 1.54) is 12.1 Å².